The van der Waals surface area contributed by atoms with E-state index in [1.54, 1.807) is 4.99 Å². The van der Waals surface area contributed by atoms with Crippen molar-refractivity contribution in [2.45, 2.75) is 64.7 Å². The van der Waals surface area contributed by atoms with Gasteiger partial charge in [-0.15, -0.1) is 0 Å². The van der Waals surface area contributed by atoms with Gasteiger partial charge in [0.15, 0.2) is 0 Å². The van der Waals surface area contributed by atoms with Crippen molar-refractivity contribution in [2.75, 3.05) is 0 Å². The molecule has 0 saturated carbocycles. The first kappa shape index (κ1) is 14.7. The Morgan fingerprint density at radius 2 is 1.88 bits per heavy atom. The zero-order valence-corrected chi connectivity index (χ0v) is 12.3. The molecule has 0 bridgehead atoms. The zero-order valence-electron chi connectivity index (χ0n) is 10.7. The standard InChI is InChI=1S/C14H23BrO2/c1-2-3-4-5-6-7-8-9-12-10-13(11-15)17-14(12)16/h11-12H,2-10H2,1H3/b13-11+/t12-/m0/s1. The lowest BCUT2D eigenvalue weighted by Crippen LogP contribution is -2.06. The van der Waals surface area contributed by atoms with Gasteiger partial charge in [0.05, 0.1) is 5.92 Å². The highest BCUT2D eigenvalue weighted by atomic mass is 79.9. The zero-order chi connectivity index (χ0) is 12.5. The van der Waals surface area contributed by atoms with E-state index >= 15 is 0 Å². The number of hydrogen-bond donors (Lipinski definition) is 0. The van der Waals surface area contributed by atoms with Crippen LogP contribution in [0.1, 0.15) is 64.7 Å². The van der Waals surface area contributed by atoms with E-state index in [1.807, 2.05) is 0 Å². The molecule has 0 aromatic heterocycles. The van der Waals surface area contributed by atoms with Crippen molar-refractivity contribution < 1.29 is 9.53 Å². The monoisotopic (exact) mass is 302 g/mol. The Balaban J connectivity index is 2.01. The molecule has 1 heterocycles. The maximum atomic E-state index is 11.5. The summed E-state index contributed by atoms with van der Waals surface area (Å²) in [4.78, 5) is 13.2. The van der Waals surface area contributed by atoms with Crippen LogP contribution in [0.15, 0.2) is 10.7 Å². The molecule has 0 aliphatic carbocycles. The summed E-state index contributed by atoms with van der Waals surface area (Å²) >= 11 is 3.21. The first-order valence-corrected chi connectivity index (χ1v) is 7.70. The summed E-state index contributed by atoms with van der Waals surface area (Å²) in [5.41, 5.74) is 0. The molecule has 2 nitrogen and oxygen atoms in total. The van der Waals surface area contributed by atoms with Crippen LogP contribution in [0.2, 0.25) is 0 Å². The maximum absolute atomic E-state index is 11.5. The third-order valence-corrected chi connectivity index (χ3v) is 3.80. The van der Waals surface area contributed by atoms with Gasteiger partial charge in [0, 0.05) is 11.4 Å². The van der Waals surface area contributed by atoms with Crippen LogP contribution in [0.3, 0.4) is 0 Å². The first-order valence-electron chi connectivity index (χ1n) is 6.79. The highest BCUT2D eigenvalue weighted by Gasteiger charge is 2.29. The Labute approximate surface area is 113 Å². The Kier molecular flexibility index (Phi) is 7.58. The van der Waals surface area contributed by atoms with E-state index in [1.165, 1.54) is 38.5 Å². The molecule has 17 heavy (non-hydrogen) atoms. The molecule has 0 spiro atoms. The summed E-state index contributed by atoms with van der Waals surface area (Å²) < 4.78 is 5.11. The summed E-state index contributed by atoms with van der Waals surface area (Å²) in [5, 5.41) is 0. The molecule has 0 aromatic rings. The number of carbonyl (C=O) groups excluding carboxylic acids is 1. The molecular formula is C14H23BrO2. The van der Waals surface area contributed by atoms with E-state index in [0.29, 0.717) is 0 Å². The molecule has 0 aromatic carbocycles. The molecule has 3 heteroatoms. The van der Waals surface area contributed by atoms with E-state index in [9.17, 15) is 4.79 Å². The van der Waals surface area contributed by atoms with Gasteiger partial charge in [-0.25, -0.2) is 0 Å². The second-order valence-electron chi connectivity index (χ2n) is 4.81. The number of halogens is 1. The molecule has 98 valence electrons. The Bertz CT molecular complexity index is 261. The van der Waals surface area contributed by atoms with Crippen LogP contribution in [0.25, 0.3) is 0 Å². The molecule has 1 saturated heterocycles. The van der Waals surface area contributed by atoms with Crippen molar-refractivity contribution in [3.05, 3.63) is 10.7 Å². The summed E-state index contributed by atoms with van der Waals surface area (Å²) in [7, 11) is 0. The molecular weight excluding hydrogens is 280 g/mol. The summed E-state index contributed by atoms with van der Waals surface area (Å²) in [6.45, 7) is 2.24. The number of cyclic esters (lactones) is 1. The van der Waals surface area contributed by atoms with E-state index in [-0.39, 0.29) is 11.9 Å². The van der Waals surface area contributed by atoms with Gasteiger partial charge in [0.25, 0.3) is 0 Å². The molecule has 1 aliphatic rings. The fourth-order valence-corrected chi connectivity index (χ4v) is 2.50. The number of rotatable bonds is 8. The van der Waals surface area contributed by atoms with Crippen LogP contribution in [-0.2, 0) is 9.53 Å². The number of allylic oxidation sites excluding steroid dienone is 1. The summed E-state index contributed by atoms with van der Waals surface area (Å²) in [6.07, 6.45) is 10.8. The fraction of sp³-hybridized carbons (Fsp3) is 0.786. The molecule has 0 radical (unpaired) electrons. The molecule has 0 N–H and O–H groups in total. The van der Waals surface area contributed by atoms with Crippen LogP contribution < -0.4 is 0 Å². The first-order chi connectivity index (χ1) is 8.27. The van der Waals surface area contributed by atoms with Crippen molar-refractivity contribution in [3.63, 3.8) is 0 Å². The average molecular weight is 303 g/mol. The minimum atomic E-state index is -0.0401. The van der Waals surface area contributed by atoms with E-state index in [0.717, 1.165) is 25.0 Å². The number of esters is 1. The smallest absolute Gasteiger partial charge is 0.314 e. The molecule has 1 rings (SSSR count). The molecule has 1 aliphatic heterocycles. The van der Waals surface area contributed by atoms with Crippen LogP contribution in [0.5, 0.6) is 0 Å². The number of hydrogen-bond acceptors (Lipinski definition) is 2. The van der Waals surface area contributed by atoms with Crippen molar-refractivity contribution in [2.24, 2.45) is 5.92 Å². The van der Waals surface area contributed by atoms with Crippen LogP contribution in [-0.4, -0.2) is 5.97 Å². The van der Waals surface area contributed by atoms with E-state index < -0.39 is 0 Å². The minimum absolute atomic E-state index is 0.0401. The highest BCUT2D eigenvalue weighted by Crippen LogP contribution is 2.29. The van der Waals surface area contributed by atoms with Crippen LogP contribution in [0, 0.1) is 5.92 Å². The molecule has 0 amide bonds. The maximum Gasteiger partial charge on any atom is 0.314 e. The minimum Gasteiger partial charge on any atom is -0.430 e. The lowest BCUT2D eigenvalue weighted by atomic mass is 9.98. The topological polar surface area (TPSA) is 26.3 Å². The van der Waals surface area contributed by atoms with E-state index in [2.05, 4.69) is 22.9 Å². The number of unbranched alkanes of at least 4 members (excludes halogenated alkanes) is 6. The van der Waals surface area contributed by atoms with Gasteiger partial charge in [-0.1, -0.05) is 67.8 Å². The van der Waals surface area contributed by atoms with Gasteiger partial charge in [-0.05, 0) is 6.42 Å². The predicted molar refractivity (Wildman–Crippen MR) is 73.8 cm³/mol. The Morgan fingerprint density at radius 3 is 2.47 bits per heavy atom. The van der Waals surface area contributed by atoms with E-state index in [4.69, 9.17) is 4.74 Å². The van der Waals surface area contributed by atoms with Gasteiger partial charge in [-0.3, -0.25) is 4.79 Å². The molecule has 0 unspecified atom stereocenters. The third-order valence-electron chi connectivity index (χ3n) is 3.29. The largest absolute Gasteiger partial charge is 0.430 e. The molecule has 1 fully saturated rings. The van der Waals surface area contributed by atoms with Gasteiger partial charge in [0.2, 0.25) is 0 Å². The average Bonchev–Trinajstić information content (AvgIpc) is 2.69. The predicted octanol–water partition coefficient (Wildman–Crippen LogP) is 4.93. The second-order valence-corrected chi connectivity index (χ2v) is 5.27. The summed E-state index contributed by atoms with van der Waals surface area (Å²) in [5.74, 6) is 0.846. The Morgan fingerprint density at radius 1 is 1.24 bits per heavy atom. The van der Waals surface area contributed by atoms with Crippen molar-refractivity contribution in [3.8, 4) is 0 Å². The third kappa shape index (κ3) is 5.71. The van der Waals surface area contributed by atoms with Gasteiger partial charge >= 0.3 is 5.97 Å². The lowest BCUT2D eigenvalue weighted by molar-refractivity contribution is -0.139. The number of ether oxygens (including phenoxy) is 1. The van der Waals surface area contributed by atoms with Crippen molar-refractivity contribution >= 4 is 21.9 Å². The normalized spacial score (nSPS) is 22.1. The van der Waals surface area contributed by atoms with Crippen molar-refractivity contribution in [1.82, 2.24) is 0 Å². The lowest BCUT2D eigenvalue weighted by Gasteiger charge is -2.04. The van der Waals surface area contributed by atoms with Crippen LogP contribution >= 0.6 is 15.9 Å². The van der Waals surface area contributed by atoms with Gasteiger partial charge in [-0.2, -0.15) is 0 Å². The van der Waals surface area contributed by atoms with Gasteiger partial charge in [0.1, 0.15) is 5.76 Å². The second kappa shape index (κ2) is 8.73. The van der Waals surface area contributed by atoms with Gasteiger partial charge < -0.3 is 4.74 Å². The fourth-order valence-electron chi connectivity index (χ4n) is 2.21. The summed E-state index contributed by atoms with van der Waals surface area (Å²) in [6, 6.07) is 0. The Hall–Kier alpha value is -0.310. The van der Waals surface area contributed by atoms with Crippen molar-refractivity contribution in [1.29, 1.82) is 0 Å². The SMILES string of the molecule is CCCCCCCCC[C@H]1C/C(=C\Br)OC1=O. The molecule has 1 atom stereocenters. The number of carbonyl (C=O) groups is 1. The van der Waals surface area contributed by atoms with Crippen LogP contribution in [0.4, 0.5) is 0 Å². The quantitative estimate of drug-likeness (QED) is 0.469. The highest BCUT2D eigenvalue weighted by molar-refractivity contribution is 9.11.